The molecule has 1 aliphatic rings. The summed E-state index contributed by atoms with van der Waals surface area (Å²) in [7, 11) is 3.54. The zero-order valence-corrected chi connectivity index (χ0v) is 20.9. The lowest BCUT2D eigenvalue weighted by molar-refractivity contribution is 0.0624. The predicted octanol–water partition coefficient (Wildman–Crippen LogP) is 4.57. The second kappa shape index (κ2) is 12.7. The third-order valence-electron chi connectivity index (χ3n) is 5.56. The van der Waals surface area contributed by atoms with Gasteiger partial charge in [0.25, 0.3) is 0 Å². The molecule has 0 atom stereocenters. The molecule has 0 amide bonds. The number of benzene rings is 1. The van der Waals surface area contributed by atoms with E-state index in [1.165, 1.54) is 22.4 Å². The number of methoxy groups -OCH3 is 1. The SMILES string of the molecule is CCC.CN=C(Cc1cnn2ccc(-c3ccccc3SN3CCC(OC)CC3)cc12)NN. The van der Waals surface area contributed by atoms with Crippen LogP contribution in [0.2, 0.25) is 0 Å². The van der Waals surface area contributed by atoms with Gasteiger partial charge >= 0.3 is 0 Å². The third kappa shape index (κ3) is 6.57. The molecule has 1 fully saturated rings. The van der Waals surface area contributed by atoms with Crippen LogP contribution in [-0.2, 0) is 11.2 Å². The Hall–Kier alpha value is -2.39. The fraction of sp³-hybridized carbons (Fsp3) is 0.440. The first-order valence-electron chi connectivity index (χ1n) is 11.6. The largest absolute Gasteiger partial charge is 0.381 e. The average molecular weight is 469 g/mol. The number of amidine groups is 1. The van der Waals surface area contributed by atoms with Crippen molar-refractivity contribution in [1.29, 1.82) is 0 Å². The van der Waals surface area contributed by atoms with E-state index in [4.69, 9.17) is 10.6 Å². The molecule has 7 nitrogen and oxygen atoms in total. The van der Waals surface area contributed by atoms with E-state index in [1.54, 1.807) is 7.05 Å². The fourth-order valence-corrected chi connectivity index (χ4v) is 4.89. The molecule has 4 rings (SSSR count). The topological polar surface area (TPSA) is 80.2 Å². The number of rotatable bonds is 6. The van der Waals surface area contributed by atoms with Gasteiger partial charge in [-0.2, -0.15) is 5.10 Å². The second-order valence-electron chi connectivity index (χ2n) is 8.07. The number of hydrazine groups is 1. The predicted molar refractivity (Wildman–Crippen MR) is 138 cm³/mol. The van der Waals surface area contributed by atoms with Crippen LogP contribution in [-0.4, -0.2) is 53.1 Å². The van der Waals surface area contributed by atoms with Gasteiger partial charge in [-0.3, -0.25) is 4.99 Å². The molecule has 8 heteroatoms. The highest BCUT2D eigenvalue weighted by Gasteiger charge is 2.20. The zero-order valence-electron chi connectivity index (χ0n) is 20.1. The molecule has 1 aliphatic heterocycles. The smallest absolute Gasteiger partial charge is 0.115 e. The van der Waals surface area contributed by atoms with E-state index < -0.39 is 0 Å². The number of fused-ring (bicyclic) bond motifs is 1. The van der Waals surface area contributed by atoms with Crippen LogP contribution in [0.5, 0.6) is 0 Å². The van der Waals surface area contributed by atoms with Crippen molar-refractivity contribution in [1.82, 2.24) is 19.3 Å². The lowest BCUT2D eigenvalue weighted by atomic mass is 10.1. The Balaban J connectivity index is 0.000000968. The number of nitrogens with one attached hydrogen (secondary N) is 1. The summed E-state index contributed by atoms with van der Waals surface area (Å²) in [5, 5.41) is 4.47. The maximum Gasteiger partial charge on any atom is 0.115 e. The summed E-state index contributed by atoms with van der Waals surface area (Å²) in [6, 6.07) is 12.9. The number of hydrogen-bond donors (Lipinski definition) is 2. The number of ether oxygens (including phenoxy) is 1. The summed E-state index contributed by atoms with van der Waals surface area (Å²) >= 11 is 1.84. The van der Waals surface area contributed by atoms with Gasteiger partial charge in [0.2, 0.25) is 0 Å². The first kappa shape index (κ1) is 25.2. The summed E-state index contributed by atoms with van der Waals surface area (Å²) < 4.78 is 9.84. The van der Waals surface area contributed by atoms with Gasteiger partial charge in [-0.15, -0.1) is 0 Å². The summed E-state index contributed by atoms with van der Waals surface area (Å²) in [6.45, 7) is 6.32. The lowest BCUT2D eigenvalue weighted by Gasteiger charge is -2.30. The van der Waals surface area contributed by atoms with Gasteiger partial charge in [-0.1, -0.05) is 38.5 Å². The van der Waals surface area contributed by atoms with E-state index in [2.05, 4.69) is 70.1 Å². The molecule has 178 valence electrons. The molecule has 0 bridgehead atoms. The number of aliphatic imine (C=N–C) groups is 1. The van der Waals surface area contributed by atoms with Crippen molar-refractivity contribution >= 4 is 23.3 Å². The average Bonchev–Trinajstić information content (AvgIpc) is 3.25. The maximum atomic E-state index is 5.57. The molecule has 33 heavy (non-hydrogen) atoms. The van der Waals surface area contributed by atoms with Crippen LogP contribution in [0, 0.1) is 0 Å². The molecule has 2 aromatic heterocycles. The minimum absolute atomic E-state index is 0.388. The van der Waals surface area contributed by atoms with Gasteiger partial charge in [-0.05, 0) is 54.1 Å². The molecule has 3 aromatic rings. The van der Waals surface area contributed by atoms with Gasteiger partial charge in [-0.25, -0.2) is 14.7 Å². The standard InChI is InChI=1S/C22H28N6OS.C3H8/c1-24-22(26-23)14-17-15-25-28-12-7-16(13-20(17)28)19-5-3-4-6-21(19)30-27-10-8-18(29-2)9-11-27;1-3-2/h3-7,12-13,15,18H,8-11,14,23H2,1-2H3,(H,24,26);3H2,1-2H3. The van der Waals surface area contributed by atoms with Gasteiger partial charge in [0.1, 0.15) is 5.84 Å². The maximum absolute atomic E-state index is 5.57. The van der Waals surface area contributed by atoms with Crippen molar-refractivity contribution in [3.63, 3.8) is 0 Å². The minimum atomic E-state index is 0.388. The third-order valence-corrected chi connectivity index (χ3v) is 6.73. The highest BCUT2D eigenvalue weighted by atomic mass is 32.2. The number of piperidine rings is 1. The van der Waals surface area contributed by atoms with Gasteiger partial charge in [0.05, 0.1) is 17.8 Å². The highest BCUT2D eigenvalue weighted by molar-refractivity contribution is 7.97. The molecule has 1 aromatic carbocycles. The molecule has 1 saturated heterocycles. The molecule has 0 aliphatic carbocycles. The quantitative estimate of drug-likeness (QED) is 0.181. The summed E-state index contributed by atoms with van der Waals surface area (Å²) in [4.78, 5) is 5.45. The molecule has 0 saturated carbocycles. The van der Waals surface area contributed by atoms with Crippen molar-refractivity contribution in [2.24, 2.45) is 10.8 Å². The minimum Gasteiger partial charge on any atom is -0.381 e. The Morgan fingerprint density at radius 3 is 2.64 bits per heavy atom. The fourth-order valence-electron chi connectivity index (χ4n) is 3.79. The number of hydrogen-bond acceptors (Lipinski definition) is 6. The van der Waals surface area contributed by atoms with E-state index >= 15 is 0 Å². The van der Waals surface area contributed by atoms with Gasteiger partial charge < -0.3 is 10.2 Å². The van der Waals surface area contributed by atoms with Crippen LogP contribution >= 0.6 is 11.9 Å². The monoisotopic (exact) mass is 468 g/mol. The van der Waals surface area contributed by atoms with Crippen LogP contribution in [0.3, 0.4) is 0 Å². The normalized spacial score (nSPS) is 15.4. The highest BCUT2D eigenvalue weighted by Crippen LogP contribution is 2.35. The molecule has 3 heterocycles. The Morgan fingerprint density at radius 1 is 1.24 bits per heavy atom. The summed E-state index contributed by atoms with van der Waals surface area (Å²) in [6.07, 6.45) is 8.30. The van der Waals surface area contributed by atoms with Crippen LogP contribution in [0.4, 0.5) is 0 Å². The van der Waals surface area contributed by atoms with Gasteiger partial charge in [0.15, 0.2) is 0 Å². The number of aromatic nitrogens is 2. The van der Waals surface area contributed by atoms with Crippen molar-refractivity contribution in [2.75, 3.05) is 27.2 Å². The molecule has 0 unspecified atom stereocenters. The zero-order chi connectivity index (χ0) is 23.6. The first-order chi connectivity index (χ1) is 16.1. The van der Waals surface area contributed by atoms with Crippen molar-refractivity contribution in [3.05, 3.63) is 54.4 Å². The summed E-state index contributed by atoms with van der Waals surface area (Å²) in [5.74, 6) is 6.30. The van der Waals surface area contributed by atoms with E-state index in [1.807, 2.05) is 36.0 Å². The first-order valence-corrected chi connectivity index (χ1v) is 12.3. The van der Waals surface area contributed by atoms with E-state index in [-0.39, 0.29) is 0 Å². The Morgan fingerprint density at radius 2 is 1.97 bits per heavy atom. The lowest BCUT2D eigenvalue weighted by Crippen LogP contribution is -2.32. The van der Waals surface area contributed by atoms with Crippen LogP contribution < -0.4 is 11.3 Å². The van der Waals surface area contributed by atoms with Gasteiger partial charge in [0, 0.05) is 50.3 Å². The molecule has 3 N–H and O–H groups in total. The number of pyridine rings is 1. The van der Waals surface area contributed by atoms with Crippen molar-refractivity contribution in [3.8, 4) is 11.1 Å². The van der Waals surface area contributed by atoms with E-state index in [9.17, 15) is 0 Å². The Kier molecular flexibility index (Phi) is 9.75. The summed E-state index contributed by atoms with van der Waals surface area (Å²) in [5.41, 5.74) is 7.21. The van der Waals surface area contributed by atoms with Crippen molar-refractivity contribution < 1.29 is 4.74 Å². The second-order valence-corrected chi connectivity index (χ2v) is 9.20. The van der Waals surface area contributed by atoms with Crippen molar-refractivity contribution in [2.45, 2.75) is 50.5 Å². The number of nitrogens with zero attached hydrogens (tertiary/aromatic N) is 4. The Bertz CT molecular complexity index is 1040. The van der Waals surface area contributed by atoms with E-state index in [0.717, 1.165) is 42.8 Å². The molecule has 0 radical (unpaired) electrons. The Labute approximate surface area is 201 Å². The molecular weight excluding hydrogens is 432 g/mol. The van der Waals surface area contributed by atoms with Crippen LogP contribution in [0.1, 0.15) is 38.7 Å². The molecule has 0 spiro atoms. The number of nitrogens with two attached hydrogens (primary N) is 1. The van der Waals surface area contributed by atoms with Crippen LogP contribution in [0.25, 0.3) is 16.6 Å². The molecular formula is C25H36N6OS. The van der Waals surface area contributed by atoms with E-state index in [0.29, 0.717) is 12.5 Å². The van der Waals surface area contributed by atoms with Crippen LogP contribution in [0.15, 0.2) is 58.7 Å².